The van der Waals surface area contributed by atoms with E-state index in [1.807, 2.05) is 25.1 Å². The number of hydrazone groups is 1. The normalized spacial score (nSPS) is 12.0. The Kier molecular flexibility index (Phi) is 3.94. The van der Waals surface area contributed by atoms with E-state index in [0.29, 0.717) is 0 Å². The number of fused-ring (bicyclic) bond motifs is 2. The van der Waals surface area contributed by atoms with Gasteiger partial charge < -0.3 is 4.57 Å². The van der Waals surface area contributed by atoms with E-state index < -0.39 is 0 Å². The van der Waals surface area contributed by atoms with Crippen molar-refractivity contribution in [1.82, 2.24) is 9.55 Å². The molecular formula is C21H20N4. The average molecular weight is 328 g/mol. The summed E-state index contributed by atoms with van der Waals surface area (Å²) in [5.41, 5.74) is 7.32. The minimum Gasteiger partial charge on any atom is -0.309 e. The van der Waals surface area contributed by atoms with Crippen molar-refractivity contribution < 1.29 is 0 Å². The summed E-state index contributed by atoms with van der Waals surface area (Å²) in [6, 6.07) is 22.8. The fraction of sp³-hybridized carbons (Fsp3) is 0.143. The highest BCUT2D eigenvalue weighted by Gasteiger charge is 2.09. The van der Waals surface area contributed by atoms with E-state index >= 15 is 0 Å². The zero-order valence-corrected chi connectivity index (χ0v) is 14.4. The van der Waals surface area contributed by atoms with Crippen LogP contribution in [0.4, 0.5) is 5.95 Å². The average Bonchev–Trinajstić information content (AvgIpc) is 3.03. The van der Waals surface area contributed by atoms with Crippen molar-refractivity contribution in [3.8, 4) is 0 Å². The summed E-state index contributed by atoms with van der Waals surface area (Å²) >= 11 is 0. The Balaban J connectivity index is 1.72. The number of anilines is 1. The number of para-hydroxylation sites is 2. The van der Waals surface area contributed by atoms with Gasteiger partial charge in [-0.1, -0.05) is 54.6 Å². The highest BCUT2D eigenvalue weighted by molar-refractivity contribution is 6.09. The van der Waals surface area contributed by atoms with Crippen LogP contribution in [0.15, 0.2) is 71.8 Å². The molecule has 1 N–H and O–H groups in total. The van der Waals surface area contributed by atoms with Gasteiger partial charge in [0.1, 0.15) is 0 Å². The highest BCUT2D eigenvalue weighted by Crippen LogP contribution is 2.21. The molecule has 25 heavy (non-hydrogen) atoms. The molecule has 0 saturated heterocycles. The molecule has 0 aliphatic rings. The molecule has 4 aromatic rings. The Morgan fingerprint density at radius 3 is 2.64 bits per heavy atom. The molecule has 4 rings (SSSR count). The van der Waals surface area contributed by atoms with Gasteiger partial charge in [0, 0.05) is 12.1 Å². The number of hydrogen-bond acceptors (Lipinski definition) is 3. The standard InChI is InChI=1S/C21H20N4/c1-3-25-20-14-7-6-13-19(20)22-21(25)24-23-15(2)17-12-8-10-16-9-4-5-11-18(16)17/h4-14H,3H2,1-2H3,(H,22,24)/b23-15+. The summed E-state index contributed by atoms with van der Waals surface area (Å²) in [6.07, 6.45) is 0. The molecule has 0 atom stereocenters. The molecule has 0 unspecified atom stereocenters. The van der Waals surface area contributed by atoms with Gasteiger partial charge in [0.2, 0.25) is 5.95 Å². The summed E-state index contributed by atoms with van der Waals surface area (Å²) in [6.45, 7) is 4.97. The number of imidazole rings is 1. The summed E-state index contributed by atoms with van der Waals surface area (Å²) in [5.74, 6) is 0.767. The van der Waals surface area contributed by atoms with Gasteiger partial charge in [-0.05, 0) is 36.8 Å². The van der Waals surface area contributed by atoms with Crippen molar-refractivity contribution in [3.63, 3.8) is 0 Å². The summed E-state index contributed by atoms with van der Waals surface area (Å²) < 4.78 is 2.13. The molecule has 0 amide bonds. The molecule has 0 aliphatic heterocycles. The Bertz CT molecular complexity index is 1070. The van der Waals surface area contributed by atoms with Crippen molar-refractivity contribution in [2.45, 2.75) is 20.4 Å². The first kappa shape index (κ1) is 15.4. The number of benzene rings is 3. The zero-order valence-electron chi connectivity index (χ0n) is 14.4. The lowest BCUT2D eigenvalue weighted by molar-refractivity contribution is 0.791. The third-order valence-electron chi connectivity index (χ3n) is 4.47. The van der Waals surface area contributed by atoms with E-state index in [1.54, 1.807) is 0 Å². The van der Waals surface area contributed by atoms with Crippen molar-refractivity contribution in [2.24, 2.45) is 5.10 Å². The number of nitrogens with zero attached hydrogens (tertiary/aromatic N) is 3. The predicted molar refractivity (Wildman–Crippen MR) is 105 cm³/mol. The molecule has 4 heteroatoms. The molecule has 0 fully saturated rings. The largest absolute Gasteiger partial charge is 0.309 e. The number of aryl methyl sites for hydroxylation is 1. The first-order valence-corrected chi connectivity index (χ1v) is 8.51. The summed E-state index contributed by atoms with van der Waals surface area (Å²) in [5, 5.41) is 7.03. The first-order chi connectivity index (χ1) is 12.3. The van der Waals surface area contributed by atoms with E-state index in [-0.39, 0.29) is 0 Å². The molecule has 0 bridgehead atoms. The Labute approximate surface area is 146 Å². The van der Waals surface area contributed by atoms with E-state index in [1.165, 1.54) is 10.8 Å². The second-order valence-electron chi connectivity index (χ2n) is 6.00. The lowest BCUT2D eigenvalue weighted by Gasteiger charge is -2.08. The molecule has 1 heterocycles. The van der Waals surface area contributed by atoms with Gasteiger partial charge in [-0.15, -0.1) is 0 Å². The molecular weight excluding hydrogens is 308 g/mol. The molecule has 4 nitrogen and oxygen atoms in total. The molecule has 0 spiro atoms. The van der Waals surface area contributed by atoms with Gasteiger partial charge in [-0.25, -0.2) is 10.4 Å². The highest BCUT2D eigenvalue weighted by atomic mass is 15.4. The predicted octanol–water partition coefficient (Wildman–Crippen LogP) is 5.05. The number of aromatic nitrogens is 2. The van der Waals surface area contributed by atoms with Gasteiger partial charge in [-0.2, -0.15) is 5.10 Å². The monoisotopic (exact) mass is 328 g/mol. The maximum atomic E-state index is 4.66. The van der Waals surface area contributed by atoms with E-state index in [0.717, 1.165) is 34.8 Å². The summed E-state index contributed by atoms with van der Waals surface area (Å²) in [7, 11) is 0. The van der Waals surface area contributed by atoms with Crippen molar-refractivity contribution in [2.75, 3.05) is 5.43 Å². The summed E-state index contributed by atoms with van der Waals surface area (Å²) in [4.78, 5) is 4.66. The van der Waals surface area contributed by atoms with Crippen LogP contribution < -0.4 is 5.43 Å². The third-order valence-corrected chi connectivity index (χ3v) is 4.47. The van der Waals surface area contributed by atoms with E-state index in [9.17, 15) is 0 Å². The smallest absolute Gasteiger partial charge is 0.224 e. The lowest BCUT2D eigenvalue weighted by Crippen LogP contribution is -2.05. The molecule has 0 aliphatic carbocycles. The first-order valence-electron chi connectivity index (χ1n) is 8.51. The Hall–Kier alpha value is -3.14. The molecule has 3 aromatic carbocycles. The quantitative estimate of drug-likeness (QED) is 0.421. The Morgan fingerprint density at radius 1 is 1.00 bits per heavy atom. The van der Waals surface area contributed by atoms with Crippen LogP contribution in [0.2, 0.25) is 0 Å². The minimum absolute atomic E-state index is 0.767. The van der Waals surface area contributed by atoms with Gasteiger partial charge in [0.25, 0.3) is 0 Å². The molecule has 1 aromatic heterocycles. The fourth-order valence-electron chi connectivity index (χ4n) is 3.22. The van der Waals surface area contributed by atoms with Crippen LogP contribution in [-0.2, 0) is 6.54 Å². The fourth-order valence-corrected chi connectivity index (χ4v) is 3.22. The van der Waals surface area contributed by atoms with Crippen LogP contribution in [-0.4, -0.2) is 15.3 Å². The van der Waals surface area contributed by atoms with Crippen molar-refractivity contribution in [3.05, 3.63) is 72.3 Å². The molecule has 0 radical (unpaired) electrons. The van der Waals surface area contributed by atoms with Gasteiger partial charge in [0.05, 0.1) is 16.7 Å². The van der Waals surface area contributed by atoms with E-state index in [4.69, 9.17) is 0 Å². The second-order valence-corrected chi connectivity index (χ2v) is 6.00. The van der Waals surface area contributed by atoms with Crippen LogP contribution in [0.1, 0.15) is 19.4 Å². The topological polar surface area (TPSA) is 42.2 Å². The minimum atomic E-state index is 0.767. The lowest BCUT2D eigenvalue weighted by atomic mass is 10.0. The van der Waals surface area contributed by atoms with Crippen LogP contribution in [0.3, 0.4) is 0 Å². The van der Waals surface area contributed by atoms with Gasteiger partial charge in [-0.3, -0.25) is 0 Å². The maximum absolute atomic E-state index is 4.66. The zero-order chi connectivity index (χ0) is 17.2. The maximum Gasteiger partial charge on any atom is 0.224 e. The number of nitrogens with one attached hydrogen (secondary N) is 1. The van der Waals surface area contributed by atoms with Crippen molar-refractivity contribution in [1.29, 1.82) is 0 Å². The second kappa shape index (κ2) is 6.40. The van der Waals surface area contributed by atoms with Gasteiger partial charge in [0.15, 0.2) is 0 Å². The number of rotatable bonds is 4. The van der Waals surface area contributed by atoms with Crippen LogP contribution in [0.25, 0.3) is 21.8 Å². The van der Waals surface area contributed by atoms with Gasteiger partial charge >= 0.3 is 0 Å². The van der Waals surface area contributed by atoms with Crippen LogP contribution in [0.5, 0.6) is 0 Å². The van der Waals surface area contributed by atoms with Crippen LogP contribution in [0, 0.1) is 0 Å². The SMILES string of the molecule is CCn1c(N/N=C(\C)c2cccc3ccccc23)nc2ccccc21. The van der Waals surface area contributed by atoms with Crippen LogP contribution >= 0.6 is 0 Å². The molecule has 0 saturated carbocycles. The molecule has 124 valence electrons. The number of hydrogen-bond donors (Lipinski definition) is 1. The third kappa shape index (κ3) is 2.76. The van der Waals surface area contributed by atoms with E-state index in [2.05, 4.69) is 75.5 Å². The Morgan fingerprint density at radius 2 is 1.76 bits per heavy atom. The van der Waals surface area contributed by atoms with Crippen molar-refractivity contribution >= 4 is 33.5 Å².